The van der Waals surface area contributed by atoms with Gasteiger partial charge in [0.15, 0.2) is 0 Å². The van der Waals surface area contributed by atoms with Crippen LogP contribution in [0.5, 0.6) is 0 Å². The number of rotatable bonds is 5. The lowest BCUT2D eigenvalue weighted by Gasteiger charge is -2.20. The number of aliphatic carboxylic acids is 1. The SMILES string of the molecule is [2H]c1c([2H])c([2H])c([C@H](N)C(=O)NC[C@H]2N[C@H](C(=O)O)C(C)(C)S2)c([2H])c1[2H]. The molecular formula is C15H21N3O3S. The summed E-state index contributed by atoms with van der Waals surface area (Å²) in [5.74, 6) is -1.70. The second kappa shape index (κ2) is 6.68. The number of nitrogens with two attached hydrogens (primary N) is 1. The van der Waals surface area contributed by atoms with Crippen molar-refractivity contribution in [3.8, 4) is 0 Å². The van der Waals surface area contributed by atoms with E-state index in [9.17, 15) is 14.7 Å². The molecule has 0 aliphatic carbocycles. The van der Waals surface area contributed by atoms with Gasteiger partial charge >= 0.3 is 5.97 Å². The molecule has 1 aromatic carbocycles. The van der Waals surface area contributed by atoms with E-state index in [0.29, 0.717) is 0 Å². The Morgan fingerprint density at radius 1 is 1.50 bits per heavy atom. The Morgan fingerprint density at radius 3 is 2.68 bits per heavy atom. The van der Waals surface area contributed by atoms with Crippen molar-refractivity contribution >= 4 is 23.6 Å². The molecule has 1 amide bonds. The Morgan fingerprint density at radius 2 is 2.14 bits per heavy atom. The van der Waals surface area contributed by atoms with Gasteiger partial charge in [0, 0.05) is 11.3 Å². The number of carboxylic acids is 1. The first-order valence-electron chi connectivity index (χ1n) is 9.15. The summed E-state index contributed by atoms with van der Waals surface area (Å²) in [5.41, 5.74) is 5.56. The zero-order valence-electron chi connectivity index (χ0n) is 17.2. The number of thioether (sulfide) groups is 1. The quantitative estimate of drug-likeness (QED) is 0.634. The van der Waals surface area contributed by atoms with Crippen molar-refractivity contribution in [1.29, 1.82) is 0 Å². The number of amides is 1. The second-order valence-electron chi connectivity index (χ2n) is 5.41. The third-order valence-corrected chi connectivity index (χ3v) is 4.75. The summed E-state index contributed by atoms with van der Waals surface area (Å²) >= 11 is 1.36. The van der Waals surface area contributed by atoms with Crippen LogP contribution in [0.25, 0.3) is 0 Å². The second-order valence-corrected chi connectivity index (χ2v) is 7.27. The van der Waals surface area contributed by atoms with Crippen LogP contribution in [-0.2, 0) is 9.59 Å². The zero-order valence-corrected chi connectivity index (χ0v) is 13.0. The van der Waals surface area contributed by atoms with Crippen molar-refractivity contribution in [3.63, 3.8) is 0 Å². The fourth-order valence-electron chi connectivity index (χ4n) is 2.17. The van der Waals surface area contributed by atoms with Crippen LogP contribution in [-0.4, -0.2) is 39.7 Å². The van der Waals surface area contributed by atoms with Crippen LogP contribution < -0.4 is 16.4 Å². The number of hydrogen-bond donors (Lipinski definition) is 4. The van der Waals surface area contributed by atoms with Gasteiger partial charge in [-0.2, -0.15) is 0 Å². The summed E-state index contributed by atoms with van der Waals surface area (Å²) in [4.78, 5) is 23.6. The standard InChI is InChI=1S/C15H21N3O3S/c1-15(2)12(14(20)21)18-10(22-15)8-17-13(19)11(16)9-6-4-3-5-7-9/h3-7,10-12,18H,8,16H2,1-2H3,(H,17,19)(H,20,21)/t10-,11-,12+/m0/s1/i3D,4D,5D,6D,7D. The van der Waals surface area contributed by atoms with E-state index in [-0.39, 0.29) is 17.5 Å². The molecule has 1 fully saturated rings. The summed E-state index contributed by atoms with van der Waals surface area (Å²) in [5, 5.41) is 14.3. The summed E-state index contributed by atoms with van der Waals surface area (Å²) in [6.07, 6.45) is 0. The first-order valence-corrected chi connectivity index (χ1v) is 7.53. The number of carbonyl (C=O) groups is 2. The monoisotopic (exact) mass is 328 g/mol. The number of nitrogens with one attached hydrogen (secondary N) is 2. The maximum Gasteiger partial charge on any atom is 0.322 e. The summed E-state index contributed by atoms with van der Waals surface area (Å²) in [6, 6.07) is -4.96. The molecule has 0 radical (unpaired) electrons. The molecule has 1 aromatic rings. The summed E-state index contributed by atoms with van der Waals surface area (Å²) in [6.45, 7) is 3.64. The van der Waals surface area contributed by atoms with Gasteiger partial charge in [-0.1, -0.05) is 30.2 Å². The van der Waals surface area contributed by atoms with Crippen molar-refractivity contribution in [3.05, 3.63) is 35.8 Å². The third kappa shape index (κ3) is 3.79. The fraction of sp³-hybridized carbons (Fsp3) is 0.467. The van der Waals surface area contributed by atoms with E-state index in [1.807, 2.05) is 0 Å². The maximum absolute atomic E-state index is 12.4. The van der Waals surface area contributed by atoms with E-state index in [1.54, 1.807) is 13.8 Å². The molecule has 1 saturated heterocycles. The Hall–Kier alpha value is -1.57. The highest BCUT2D eigenvalue weighted by Gasteiger charge is 2.45. The van der Waals surface area contributed by atoms with Gasteiger partial charge in [0.05, 0.1) is 12.2 Å². The Bertz CT molecular complexity index is 763. The lowest BCUT2D eigenvalue weighted by Crippen LogP contribution is -2.47. The number of hydrogen-bond acceptors (Lipinski definition) is 5. The molecule has 0 saturated carbocycles. The molecule has 5 N–H and O–H groups in total. The van der Waals surface area contributed by atoms with Crippen LogP contribution in [0.3, 0.4) is 0 Å². The van der Waals surface area contributed by atoms with Gasteiger partial charge in [-0.05, 0) is 19.4 Å². The van der Waals surface area contributed by atoms with E-state index in [4.69, 9.17) is 12.6 Å². The molecule has 1 heterocycles. The molecule has 3 atom stereocenters. The first kappa shape index (κ1) is 11.0. The molecule has 0 aromatic heterocycles. The van der Waals surface area contributed by atoms with E-state index in [2.05, 4.69) is 10.6 Å². The van der Waals surface area contributed by atoms with Crippen molar-refractivity contribution in [1.82, 2.24) is 10.6 Å². The van der Waals surface area contributed by atoms with Gasteiger partial charge in [0.1, 0.15) is 12.1 Å². The van der Waals surface area contributed by atoms with E-state index in [0.717, 1.165) is 0 Å². The first-order chi connectivity index (χ1) is 12.4. The average Bonchev–Trinajstić information content (AvgIpc) is 2.90. The van der Waals surface area contributed by atoms with Crippen LogP contribution in [0.4, 0.5) is 0 Å². The van der Waals surface area contributed by atoms with Crippen LogP contribution in [0.1, 0.15) is 32.3 Å². The highest BCUT2D eigenvalue weighted by atomic mass is 32.2. The highest BCUT2D eigenvalue weighted by molar-refractivity contribution is 8.01. The van der Waals surface area contributed by atoms with Gasteiger partial charge in [-0.3, -0.25) is 14.9 Å². The smallest absolute Gasteiger partial charge is 0.322 e. The van der Waals surface area contributed by atoms with Crippen molar-refractivity contribution in [2.75, 3.05) is 6.54 Å². The van der Waals surface area contributed by atoms with Gasteiger partial charge in [-0.25, -0.2) is 0 Å². The molecule has 0 spiro atoms. The molecule has 1 aliphatic rings. The fourth-order valence-corrected chi connectivity index (χ4v) is 3.58. The normalized spacial score (nSPS) is 27.9. The molecule has 2 rings (SSSR count). The number of benzene rings is 1. The van der Waals surface area contributed by atoms with Gasteiger partial charge in [0.2, 0.25) is 5.91 Å². The lowest BCUT2D eigenvalue weighted by molar-refractivity contribution is -0.139. The predicted octanol–water partition coefficient (Wildman–Crippen LogP) is 0.697. The zero-order chi connectivity index (χ0) is 20.7. The number of carboxylic acid groups (broad SMARTS) is 1. The minimum atomic E-state index is -1.45. The van der Waals surface area contributed by atoms with E-state index in [1.165, 1.54) is 11.8 Å². The van der Waals surface area contributed by atoms with E-state index >= 15 is 0 Å². The molecule has 7 heteroatoms. The molecule has 1 aliphatic heterocycles. The minimum absolute atomic E-state index is 0.0725. The Balaban J connectivity index is 2.11. The van der Waals surface area contributed by atoms with Gasteiger partial charge < -0.3 is 16.2 Å². The lowest BCUT2D eigenvalue weighted by atomic mass is 10.0. The minimum Gasteiger partial charge on any atom is -0.480 e. The number of carbonyl (C=O) groups excluding carboxylic acids is 1. The average molecular weight is 328 g/mol. The summed E-state index contributed by atoms with van der Waals surface area (Å²) < 4.78 is 38.0. The topological polar surface area (TPSA) is 104 Å². The Labute approximate surface area is 140 Å². The summed E-state index contributed by atoms with van der Waals surface area (Å²) in [7, 11) is 0. The molecule has 6 nitrogen and oxygen atoms in total. The van der Waals surface area contributed by atoms with Gasteiger partial charge in [0.25, 0.3) is 0 Å². The molecular weight excluding hydrogens is 302 g/mol. The Kier molecular flexibility index (Phi) is 3.35. The van der Waals surface area contributed by atoms with E-state index < -0.39 is 58.9 Å². The molecule has 0 bridgehead atoms. The maximum atomic E-state index is 12.4. The third-order valence-electron chi connectivity index (χ3n) is 3.32. The van der Waals surface area contributed by atoms with Crippen LogP contribution >= 0.6 is 11.8 Å². The molecule has 120 valence electrons. The van der Waals surface area contributed by atoms with Crippen molar-refractivity contribution < 1.29 is 21.5 Å². The predicted molar refractivity (Wildman–Crippen MR) is 86.4 cm³/mol. The molecule has 0 unspecified atom stereocenters. The van der Waals surface area contributed by atoms with Crippen molar-refractivity contribution in [2.45, 2.75) is 36.1 Å². The van der Waals surface area contributed by atoms with Crippen LogP contribution in [0.2, 0.25) is 0 Å². The largest absolute Gasteiger partial charge is 0.480 e. The van der Waals surface area contributed by atoms with Crippen molar-refractivity contribution in [2.24, 2.45) is 5.73 Å². The molecule has 22 heavy (non-hydrogen) atoms. The van der Waals surface area contributed by atoms with Crippen LogP contribution in [0.15, 0.2) is 30.2 Å². The van der Waals surface area contributed by atoms with Gasteiger partial charge in [-0.15, -0.1) is 11.8 Å². The van der Waals surface area contributed by atoms with Crippen LogP contribution in [0, 0.1) is 0 Å². The highest BCUT2D eigenvalue weighted by Crippen LogP contribution is 2.37.